The van der Waals surface area contributed by atoms with Gasteiger partial charge in [0.25, 0.3) is 5.91 Å². The van der Waals surface area contributed by atoms with Gasteiger partial charge in [-0.15, -0.1) is 0 Å². The molecule has 1 fully saturated rings. The lowest BCUT2D eigenvalue weighted by Gasteiger charge is -2.36. The number of nitrogens with one attached hydrogen (secondary N) is 1. The Bertz CT molecular complexity index is 820. The molecule has 0 aromatic heterocycles. The van der Waals surface area contributed by atoms with E-state index in [-0.39, 0.29) is 18.0 Å². The topological polar surface area (TPSA) is 61.9 Å². The number of methoxy groups -OCH3 is 1. The van der Waals surface area contributed by atoms with Gasteiger partial charge in [-0.2, -0.15) is 0 Å². The Balaban J connectivity index is 1.50. The molecule has 142 valence electrons. The highest BCUT2D eigenvalue weighted by Gasteiger charge is 2.23. The van der Waals surface area contributed by atoms with E-state index in [0.29, 0.717) is 26.2 Å². The van der Waals surface area contributed by atoms with E-state index in [2.05, 4.69) is 10.2 Å². The summed E-state index contributed by atoms with van der Waals surface area (Å²) < 4.78 is 18.6. The molecule has 1 heterocycles. The van der Waals surface area contributed by atoms with Crippen molar-refractivity contribution < 1.29 is 18.7 Å². The molecule has 0 spiro atoms. The molecule has 1 aliphatic heterocycles. The van der Waals surface area contributed by atoms with Gasteiger partial charge in [0.1, 0.15) is 11.6 Å². The quantitative estimate of drug-likeness (QED) is 0.872. The molecule has 6 nitrogen and oxygen atoms in total. The lowest BCUT2D eigenvalue weighted by molar-refractivity contribution is -0.130. The Labute approximate surface area is 157 Å². The average Bonchev–Trinajstić information content (AvgIpc) is 2.71. The van der Waals surface area contributed by atoms with Gasteiger partial charge in [-0.3, -0.25) is 9.59 Å². The average molecular weight is 371 g/mol. The number of rotatable bonds is 5. The summed E-state index contributed by atoms with van der Waals surface area (Å²) in [6.45, 7) is 2.39. The first-order chi connectivity index (χ1) is 13.1. The highest BCUT2D eigenvalue weighted by molar-refractivity contribution is 5.96. The molecule has 0 unspecified atom stereocenters. The molecule has 0 saturated carbocycles. The third-order valence-corrected chi connectivity index (χ3v) is 4.55. The number of hydrogen-bond donors (Lipinski definition) is 1. The zero-order chi connectivity index (χ0) is 19.2. The zero-order valence-electron chi connectivity index (χ0n) is 15.2. The van der Waals surface area contributed by atoms with Crippen molar-refractivity contribution in [2.24, 2.45) is 0 Å². The van der Waals surface area contributed by atoms with Crippen LogP contribution in [0.15, 0.2) is 48.5 Å². The lowest BCUT2D eigenvalue weighted by Crippen LogP contribution is -2.51. The molecular formula is C20H22FN3O3. The van der Waals surface area contributed by atoms with E-state index in [1.165, 1.54) is 18.2 Å². The van der Waals surface area contributed by atoms with E-state index >= 15 is 0 Å². The van der Waals surface area contributed by atoms with Crippen molar-refractivity contribution in [3.05, 3.63) is 59.9 Å². The van der Waals surface area contributed by atoms with Crippen LogP contribution in [0.4, 0.5) is 10.1 Å². The fourth-order valence-electron chi connectivity index (χ4n) is 3.09. The second-order valence-corrected chi connectivity index (χ2v) is 6.23. The predicted molar refractivity (Wildman–Crippen MR) is 101 cm³/mol. The van der Waals surface area contributed by atoms with Crippen LogP contribution in [0.25, 0.3) is 0 Å². The third kappa shape index (κ3) is 4.55. The molecule has 2 aromatic rings. The molecule has 2 aromatic carbocycles. The number of benzene rings is 2. The Morgan fingerprint density at radius 1 is 1.07 bits per heavy atom. The molecule has 2 amide bonds. The number of ether oxygens (including phenoxy) is 1. The van der Waals surface area contributed by atoms with E-state index in [4.69, 9.17) is 4.74 Å². The summed E-state index contributed by atoms with van der Waals surface area (Å²) in [4.78, 5) is 28.3. The molecule has 3 rings (SSSR count). The summed E-state index contributed by atoms with van der Waals surface area (Å²) >= 11 is 0. The summed E-state index contributed by atoms with van der Waals surface area (Å²) in [5.74, 6) is -0.295. The van der Waals surface area contributed by atoms with Crippen molar-refractivity contribution >= 4 is 17.5 Å². The van der Waals surface area contributed by atoms with Gasteiger partial charge >= 0.3 is 0 Å². The maximum atomic E-state index is 13.2. The smallest absolute Gasteiger partial charge is 0.251 e. The molecule has 0 atom stereocenters. The summed E-state index contributed by atoms with van der Waals surface area (Å²) in [6.07, 6.45) is 0. The third-order valence-electron chi connectivity index (χ3n) is 4.55. The van der Waals surface area contributed by atoms with Gasteiger partial charge in [-0.25, -0.2) is 4.39 Å². The van der Waals surface area contributed by atoms with E-state index < -0.39 is 11.7 Å². The highest BCUT2D eigenvalue weighted by atomic mass is 19.1. The van der Waals surface area contributed by atoms with Crippen LogP contribution in [0.3, 0.4) is 0 Å². The maximum Gasteiger partial charge on any atom is 0.251 e. The first kappa shape index (κ1) is 18.7. The fraction of sp³-hybridized carbons (Fsp3) is 0.300. The molecule has 0 radical (unpaired) electrons. The SMILES string of the molecule is COc1ccccc1N1CCN(C(=O)CNC(=O)c2cccc(F)c2)CC1. The van der Waals surface area contributed by atoms with Crippen molar-refractivity contribution in [2.45, 2.75) is 0 Å². The standard InChI is InChI=1S/C20H22FN3O3/c1-27-18-8-3-2-7-17(18)23-9-11-24(12-10-23)19(25)14-22-20(26)15-5-4-6-16(21)13-15/h2-8,13H,9-12,14H2,1H3,(H,22,26). The van der Waals surface area contributed by atoms with E-state index in [1.807, 2.05) is 24.3 Å². The Hall–Kier alpha value is -3.09. The molecule has 1 aliphatic rings. The monoisotopic (exact) mass is 371 g/mol. The number of halogens is 1. The van der Waals surface area contributed by atoms with Crippen molar-refractivity contribution in [3.63, 3.8) is 0 Å². The van der Waals surface area contributed by atoms with Crippen molar-refractivity contribution in [1.82, 2.24) is 10.2 Å². The predicted octanol–water partition coefficient (Wildman–Crippen LogP) is 1.91. The summed E-state index contributed by atoms with van der Waals surface area (Å²) in [5.41, 5.74) is 1.20. The minimum atomic E-state index is -0.485. The van der Waals surface area contributed by atoms with E-state index in [0.717, 1.165) is 17.5 Å². The number of anilines is 1. The van der Waals surface area contributed by atoms with Crippen LogP contribution in [0.1, 0.15) is 10.4 Å². The van der Waals surface area contributed by atoms with Crippen LogP contribution < -0.4 is 15.0 Å². The van der Waals surface area contributed by atoms with E-state index in [9.17, 15) is 14.0 Å². The molecular weight excluding hydrogens is 349 g/mol. The van der Waals surface area contributed by atoms with Crippen molar-refractivity contribution in [2.75, 3.05) is 44.7 Å². The second-order valence-electron chi connectivity index (χ2n) is 6.23. The Morgan fingerprint density at radius 2 is 1.81 bits per heavy atom. The number of para-hydroxylation sites is 2. The van der Waals surface area contributed by atoms with E-state index in [1.54, 1.807) is 12.0 Å². The zero-order valence-corrected chi connectivity index (χ0v) is 15.2. The van der Waals surface area contributed by atoms with Crippen LogP contribution in [-0.2, 0) is 4.79 Å². The summed E-state index contributed by atoms with van der Waals surface area (Å²) in [7, 11) is 1.64. The van der Waals surface area contributed by atoms with Crippen LogP contribution >= 0.6 is 0 Å². The number of hydrogen-bond acceptors (Lipinski definition) is 4. The summed E-state index contributed by atoms with van der Waals surface area (Å²) in [5, 5.41) is 2.55. The summed E-state index contributed by atoms with van der Waals surface area (Å²) in [6, 6.07) is 13.2. The van der Waals surface area contributed by atoms with Gasteiger partial charge in [0.2, 0.25) is 5.91 Å². The number of amides is 2. The van der Waals surface area contributed by atoms with Crippen molar-refractivity contribution in [3.8, 4) is 5.75 Å². The number of nitrogens with zero attached hydrogens (tertiary/aromatic N) is 2. The van der Waals surface area contributed by atoms with Crippen LogP contribution in [-0.4, -0.2) is 56.5 Å². The van der Waals surface area contributed by atoms with Gasteiger partial charge in [-0.05, 0) is 30.3 Å². The van der Waals surface area contributed by atoms with Gasteiger partial charge in [-0.1, -0.05) is 18.2 Å². The van der Waals surface area contributed by atoms with Gasteiger partial charge in [0.05, 0.1) is 19.3 Å². The molecule has 1 saturated heterocycles. The molecule has 7 heteroatoms. The number of carbonyl (C=O) groups excluding carboxylic acids is 2. The highest BCUT2D eigenvalue weighted by Crippen LogP contribution is 2.28. The first-order valence-electron chi connectivity index (χ1n) is 8.78. The van der Waals surface area contributed by atoms with Gasteiger partial charge in [0.15, 0.2) is 0 Å². The lowest BCUT2D eigenvalue weighted by atomic mass is 10.2. The minimum Gasteiger partial charge on any atom is -0.495 e. The largest absolute Gasteiger partial charge is 0.495 e. The molecule has 27 heavy (non-hydrogen) atoms. The Morgan fingerprint density at radius 3 is 2.52 bits per heavy atom. The van der Waals surface area contributed by atoms with Crippen molar-refractivity contribution in [1.29, 1.82) is 0 Å². The maximum absolute atomic E-state index is 13.2. The Kier molecular flexibility index (Phi) is 5.90. The molecule has 0 aliphatic carbocycles. The fourth-order valence-corrected chi connectivity index (χ4v) is 3.09. The second kappa shape index (κ2) is 8.53. The minimum absolute atomic E-state index is 0.107. The van der Waals surface area contributed by atoms with Gasteiger partial charge < -0.3 is 19.9 Å². The first-order valence-corrected chi connectivity index (χ1v) is 8.78. The number of piperazine rings is 1. The van der Waals surface area contributed by atoms with Crippen LogP contribution in [0, 0.1) is 5.82 Å². The molecule has 0 bridgehead atoms. The van der Waals surface area contributed by atoms with Crippen LogP contribution in [0.5, 0.6) is 5.75 Å². The normalized spacial score (nSPS) is 14.0. The number of carbonyl (C=O) groups is 2. The van der Waals surface area contributed by atoms with Gasteiger partial charge in [0, 0.05) is 31.7 Å². The molecule has 1 N–H and O–H groups in total. The van der Waals surface area contributed by atoms with Crippen LogP contribution in [0.2, 0.25) is 0 Å².